The smallest absolute Gasteiger partial charge is 0.335 e. The van der Waals surface area contributed by atoms with Crippen LogP contribution in [0.25, 0.3) is 27.7 Å². The zero-order chi connectivity index (χ0) is 25.5. The number of benzene rings is 3. The van der Waals surface area contributed by atoms with Gasteiger partial charge in [0.05, 0.1) is 11.1 Å². The average Bonchev–Trinajstić information content (AvgIpc) is 3.17. The van der Waals surface area contributed by atoms with E-state index in [1.54, 1.807) is 50.5 Å². The van der Waals surface area contributed by atoms with Crippen LogP contribution in [0.2, 0.25) is 0 Å². The summed E-state index contributed by atoms with van der Waals surface area (Å²) in [6.45, 7) is 3.91. The number of rotatable bonds is 6. The van der Waals surface area contributed by atoms with Crippen LogP contribution in [0.4, 0.5) is 4.39 Å². The maximum absolute atomic E-state index is 13.8. The molecule has 0 aliphatic carbocycles. The number of aromatic hydroxyl groups is 1. The fourth-order valence-corrected chi connectivity index (χ4v) is 4.50. The Morgan fingerprint density at radius 2 is 1.60 bits per heavy atom. The summed E-state index contributed by atoms with van der Waals surface area (Å²) in [5.74, 6) is -1.43. The van der Waals surface area contributed by atoms with E-state index in [9.17, 15) is 24.2 Å². The van der Waals surface area contributed by atoms with Gasteiger partial charge in [-0.2, -0.15) is 0 Å². The number of amides is 1. The van der Waals surface area contributed by atoms with Crippen LogP contribution in [-0.4, -0.2) is 45.7 Å². The molecule has 4 rings (SSSR count). The largest absolute Gasteiger partial charge is 0.507 e. The summed E-state index contributed by atoms with van der Waals surface area (Å²) in [4.78, 5) is 25.8. The van der Waals surface area contributed by atoms with Gasteiger partial charge >= 0.3 is 5.97 Å². The van der Waals surface area contributed by atoms with Crippen molar-refractivity contribution < 1.29 is 24.2 Å². The minimum atomic E-state index is -1.04. The SMILES string of the molecule is CN(C)C(=O)CC(C)(C)c1c(-c2ccc(C(=O)O)cc2)c2c(O)cccc2n1-c1ccc(F)cc1. The number of nitrogens with zero attached hydrogens (tertiary/aromatic N) is 2. The number of halogens is 1. The Bertz CT molecular complexity index is 1420. The molecule has 0 atom stereocenters. The number of aromatic nitrogens is 1. The van der Waals surface area contributed by atoms with E-state index in [1.165, 1.54) is 29.2 Å². The van der Waals surface area contributed by atoms with Crippen molar-refractivity contribution in [2.75, 3.05) is 14.1 Å². The first-order chi connectivity index (χ1) is 16.5. The maximum atomic E-state index is 13.8. The molecular formula is C28H27FN2O4. The van der Waals surface area contributed by atoms with E-state index in [1.807, 2.05) is 24.5 Å². The van der Waals surface area contributed by atoms with Gasteiger partial charge in [-0.3, -0.25) is 4.79 Å². The summed E-state index contributed by atoms with van der Waals surface area (Å²) in [6, 6.07) is 17.7. The van der Waals surface area contributed by atoms with Crippen LogP contribution in [0.15, 0.2) is 66.7 Å². The molecule has 0 aliphatic heterocycles. The summed E-state index contributed by atoms with van der Waals surface area (Å²) < 4.78 is 15.7. The minimum absolute atomic E-state index is 0.0525. The first-order valence-electron chi connectivity index (χ1n) is 11.2. The molecule has 0 unspecified atom stereocenters. The van der Waals surface area contributed by atoms with Crippen LogP contribution in [0.3, 0.4) is 0 Å². The normalized spacial score (nSPS) is 11.6. The van der Waals surface area contributed by atoms with E-state index in [4.69, 9.17) is 0 Å². The van der Waals surface area contributed by atoms with E-state index < -0.39 is 11.4 Å². The van der Waals surface area contributed by atoms with Gasteiger partial charge in [-0.05, 0) is 54.1 Å². The van der Waals surface area contributed by atoms with Crippen LogP contribution in [0, 0.1) is 5.82 Å². The zero-order valence-electron chi connectivity index (χ0n) is 20.0. The molecule has 0 bridgehead atoms. The summed E-state index contributed by atoms with van der Waals surface area (Å²) in [7, 11) is 3.40. The summed E-state index contributed by atoms with van der Waals surface area (Å²) in [5.41, 5.74) is 2.92. The Labute approximate surface area is 202 Å². The molecule has 0 saturated carbocycles. The number of phenols is 1. The maximum Gasteiger partial charge on any atom is 0.335 e. The lowest BCUT2D eigenvalue weighted by molar-refractivity contribution is -0.129. The highest BCUT2D eigenvalue weighted by molar-refractivity contribution is 6.04. The molecule has 180 valence electrons. The van der Waals surface area contributed by atoms with Crippen molar-refractivity contribution in [2.24, 2.45) is 0 Å². The Morgan fingerprint density at radius 3 is 2.17 bits per heavy atom. The Balaban J connectivity index is 2.12. The molecule has 0 aliphatic rings. The topological polar surface area (TPSA) is 82.8 Å². The molecule has 0 saturated heterocycles. The van der Waals surface area contributed by atoms with Crippen molar-refractivity contribution in [1.82, 2.24) is 9.47 Å². The molecule has 1 aromatic heterocycles. The molecule has 7 heteroatoms. The molecule has 6 nitrogen and oxygen atoms in total. The highest BCUT2D eigenvalue weighted by Gasteiger charge is 2.35. The first-order valence-corrected chi connectivity index (χ1v) is 11.2. The molecule has 4 aromatic rings. The predicted molar refractivity (Wildman–Crippen MR) is 134 cm³/mol. The van der Waals surface area contributed by atoms with Crippen molar-refractivity contribution in [1.29, 1.82) is 0 Å². The number of phenolic OH excluding ortho intramolecular Hbond substituents is 1. The molecule has 0 spiro atoms. The second kappa shape index (κ2) is 8.91. The van der Waals surface area contributed by atoms with Crippen LogP contribution < -0.4 is 0 Å². The fourth-order valence-electron chi connectivity index (χ4n) is 4.50. The third kappa shape index (κ3) is 4.37. The van der Waals surface area contributed by atoms with Crippen molar-refractivity contribution in [3.8, 4) is 22.6 Å². The molecule has 3 aromatic carbocycles. The lowest BCUT2D eigenvalue weighted by Crippen LogP contribution is -2.32. The number of carbonyl (C=O) groups excluding carboxylic acids is 1. The number of aromatic carboxylic acids is 1. The number of fused-ring (bicyclic) bond motifs is 1. The average molecular weight is 475 g/mol. The van der Waals surface area contributed by atoms with Gasteiger partial charge in [0.25, 0.3) is 0 Å². The van der Waals surface area contributed by atoms with Crippen LogP contribution in [0.5, 0.6) is 5.75 Å². The number of hydrogen-bond donors (Lipinski definition) is 2. The third-order valence-corrected chi connectivity index (χ3v) is 6.21. The van der Waals surface area contributed by atoms with Gasteiger partial charge in [0.15, 0.2) is 0 Å². The van der Waals surface area contributed by atoms with E-state index in [0.717, 1.165) is 5.69 Å². The van der Waals surface area contributed by atoms with Gasteiger partial charge in [0.1, 0.15) is 11.6 Å². The molecular weight excluding hydrogens is 447 g/mol. The number of hydrogen-bond acceptors (Lipinski definition) is 3. The second-order valence-electron chi connectivity index (χ2n) is 9.44. The lowest BCUT2D eigenvalue weighted by atomic mass is 9.80. The number of carboxylic acid groups (broad SMARTS) is 1. The number of carbonyl (C=O) groups is 2. The van der Waals surface area contributed by atoms with E-state index in [-0.39, 0.29) is 29.5 Å². The summed E-state index contributed by atoms with van der Waals surface area (Å²) in [6.07, 6.45) is 0.179. The Morgan fingerprint density at radius 1 is 0.971 bits per heavy atom. The van der Waals surface area contributed by atoms with Crippen LogP contribution in [0.1, 0.15) is 36.3 Å². The van der Waals surface area contributed by atoms with Gasteiger partial charge in [-0.1, -0.05) is 32.0 Å². The predicted octanol–water partition coefficient (Wildman–Crippen LogP) is 5.60. The van der Waals surface area contributed by atoms with Crippen molar-refractivity contribution in [3.63, 3.8) is 0 Å². The number of carboxylic acids is 1. The zero-order valence-corrected chi connectivity index (χ0v) is 20.0. The van der Waals surface area contributed by atoms with Crippen LogP contribution in [-0.2, 0) is 10.2 Å². The quantitative estimate of drug-likeness (QED) is 0.381. The molecule has 35 heavy (non-hydrogen) atoms. The monoisotopic (exact) mass is 474 g/mol. The van der Waals surface area contributed by atoms with Gasteiger partial charge in [0, 0.05) is 48.3 Å². The summed E-state index contributed by atoms with van der Waals surface area (Å²) in [5, 5.41) is 20.9. The highest BCUT2D eigenvalue weighted by atomic mass is 19.1. The van der Waals surface area contributed by atoms with E-state index >= 15 is 0 Å². The minimum Gasteiger partial charge on any atom is -0.507 e. The van der Waals surface area contributed by atoms with Crippen molar-refractivity contribution in [2.45, 2.75) is 25.7 Å². The highest BCUT2D eigenvalue weighted by Crippen LogP contribution is 2.47. The Kier molecular flexibility index (Phi) is 6.11. The first kappa shape index (κ1) is 24.0. The third-order valence-electron chi connectivity index (χ3n) is 6.21. The molecule has 1 amide bonds. The standard InChI is InChI=1S/C28H27FN2O4/c1-28(2,16-23(33)30(3)4)26-24(17-8-10-18(11-9-17)27(34)35)25-21(6-5-7-22(25)32)31(26)20-14-12-19(29)13-15-20/h5-15,32H,16H2,1-4H3,(H,34,35). The summed E-state index contributed by atoms with van der Waals surface area (Å²) >= 11 is 0. The van der Waals surface area contributed by atoms with Crippen molar-refractivity contribution >= 4 is 22.8 Å². The Hall–Kier alpha value is -4.13. The van der Waals surface area contributed by atoms with E-state index in [2.05, 4.69) is 0 Å². The second-order valence-corrected chi connectivity index (χ2v) is 9.44. The molecule has 2 N–H and O–H groups in total. The van der Waals surface area contributed by atoms with E-state index in [0.29, 0.717) is 27.7 Å². The molecule has 0 fully saturated rings. The van der Waals surface area contributed by atoms with Crippen molar-refractivity contribution in [3.05, 3.63) is 83.8 Å². The molecule has 1 heterocycles. The van der Waals surface area contributed by atoms with Gasteiger partial charge < -0.3 is 19.7 Å². The van der Waals surface area contributed by atoms with Crippen LogP contribution >= 0.6 is 0 Å². The molecule has 0 radical (unpaired) electrons. The fraction of sp³-hybridized carbons (Fsp3) is 0.214. The van der Waals surface area contributed by atoms with Gasteiger partial charge in [0.2, 0.25) is 5.91 Å². The van der Waals surface area contributed by atoms with Gasteiger partial charge in [-0.25, -0.2) is 9.18 Å². The van der Waals surface area contributed by atoms with Gasteiger partial charge in [-0.15, -0.1) is 0 Å². The lowest BCUT2D eigenvalue weighted by Gasteiger charge is -2.29.